The Morgan fingerprint density at radius 3 is 2.35 bits per heavy atom. The first-order valence-corrected chi connectivity index (χ1v) is 14.4. The first-order chi connectivity index (χ1) is 19.9. The van der Waals surface area contributed by atoms with E-state index in [4.69, 9.17) is 4.74 Å². The van der Waals surface area contributed by atoms with Crippen molar-refractivity contribution in [1.29, 1.82) is 0 Å². The number of anilines is 3. The summed E-state index contributed by atoms with van der Waals surface area (Å²) in [4.78, 5) is 2.43. The van der Waals surface area contributed by atoms with Gasteiger partial charge in [0.1, 0.15) is 11.5 Å². The van der Waals surface area contributed by atoms with Crippen LogP contribution in [0.4, 0.5) is 17.1 Å². The predicted octanol–water partition coefficient (Wildman–Crippen LogP) is 6.91. The summed E-state index contributed by atoms with van der Waals surface area (Å²) in [5.74, 6) is 1.90. The van der Waals surface area contributed by atoms with E-state index in [1.165, 1.54) is 74.9 Å². The van der Waals surface area contributed by atoms with Gasteiger partial charge in [0.15, 0.2) is 0 Å². The molecule has 0 unspecified atom stereocenters. The maximum Gasteiger partial charge on any atom is 0.256 e. The van der Waals surface area contributed by atoms with Crippen LogP contribution in [-0.2, 0) is 12.8 Å². The first kappa shape index (κ1) is 22.2. The maximum absolute atomic E-state index is 6.49. The molecule has 0 saturated heterocycles. The monoisotopic (exact) mass is 514 g/mol. The van der Waals surface area contributed by atoms with E-state index in [9.17, 15) is 0 Å². The van der Waals surface area contributed by atoms with E-state index < -0.39 is 0 Å². The Morgan fingerprint density at radius 2 is 1.40 bits per heavy atom. The molecule has 0 radical (unpaired) electrons. The third-order valence-electron chi connectivity index (χ3n) is 9.04. The molecule has 5 aromatic carbocycles. The van der Waals surface area contributed by atoms with Gasteiger partial charge in [0.25, 0.3) is 6.71 Å². The number of nitrogens with zero attached hydrogens (tertiary/aromatic N) is 2. The Bertz CT molecular complexity index is 1960. The molecule has 3 nitrogen and oxygen atoms in total. The zero-order valence-electron chi connectivity index (χ0n) is 22.2. The van der Waals surface area contributed by atoms with Crippen LogP contribution < -0.4 is 26.0 Å². The smallest absolute Gasteiger partial charge is 0.256 e. The summed E-state index contributed by atoms with van der Waals surface area (Å²) in [5.41, 5.74) is 12.9. The average Bonchev–Trinajstić information content (AvgIpc) is 3.35. The summed E-state index contributed by atoms with van der Waals surface area (Å²) >= 11 is 0. The van der Waals surface area contributed by atoms with Crippen molar-refractivity contribution in [3.8, 4) is 17.2 Å². The minimum atomic E-state index is 0.121. The minimum Gasteiger partial charge on any atom is -0.458 e. The van der Waals surface area contributed by atoms with Crippen molar-refractivity contribution in [2.24, 2.45) is 0 Å². The number of benzene rings is 5. The largest absolute Gasteiger partial charge is 0.458 e. The fraction of sp³-hybridized carbons (Fsp3) is 0.111. The van der Waals surface area contributed by atoms with E-state index in [1.807, 2.05) is 0 Å². The molecule has 3 aliphatic rings. The lowest BCUT2D eigenvalue weighted by molar-refractivity contribution is 0.487. The van der Waals surface area contributed by atoms with Crippen LogP contribution in [-0.4, -0.2) is 11.3 Å². The molecule has 6 aromatic rings. The van der Waals surface area contributed by atoms with Gasteiger partial charge in [0, 0.05) is 33.8 Å². The average molecular weight is 514 g/mol. The van der Waals surface area contributed by atoms with Crippen LogP contribution in [0.25, 0.3) is 16.6 Å². The number of hydrogen-bond donors (Lipinski definition) is 0. The fourth-order valence-corrected chi connectivity index (χ4v) is 7.40. The van der Waals surface area contributed by atoms with Crippen LogP contribution >= 0.6 is 0 Å². The molecule has 0 saturated carbocycles. The lowest BCUT2D eigenvalue weighted by Crippen LogP contribution is -2.59. The highest BCUT2D eigenvalue weighted by Gasteiger charge is 2.41. The Balaban J connectivity index is 1.34. The number of hydrogen-bond acceptors (Lipinski definition) is 2. The van der Waals surface area contributed by atoms with Gasteiger partial charge in [-0.05, 0) is 96.2 Å². The van der Waals surface area contributed by atoms with Crippen LogP contribution in [0.5, 0.6) is 11.5 Å². The molecule has 0 N–H and O–H groups in total. The molecular formula is C36H27BN2O. The lowest BCUT2D eigenvalue weighted by Gasteiger charge is -2.40. The highest BCUT2D eigenvalue weighted by molar-refractivity contribution is 6.99. The molecule has 4 heteroatoms. The highest BCUT2D eigenvalue weighted by Crippen LogP contribution is 2.42. The van der Waals surface area contributed by atoms with Crippen molar-refractivity contribution in [2.45, 2.75) is 25.7 Å². The van der Waals surface area contributed by atoms with Crippen molar-refractivity contribution in [2.75, 3.05) is 4.90 Å². The Labute approximate surface area is 234 Å². The minimum absolute atomic E-state index is 0.121. The van der Waals surface area contributed by atoms with Crippen molar-refractivity contribution in [3.05, 3.63) is 127 Å². The molecule has 3 heterocycles. The van der Waals surface area contributed by atoms with Gasteiger partial charge in [-0.3, -0.25) is 0 Å². The summed E-state index contributed by atoms with van der Waals surface area (Å²) in [7, 11) is 0. The Kier molecular flexibility index (Phi) is 4.65. The van der Waals surface area contributed by atoms with Crippen LogP contribution in [0.1, 0.15) is 24.1 Å². The van der Waals surface area contributed by atoms with E-state index in [0.717, 1.165) is 23.6 Å². The lowest BCUT2D eigenvalue weighted by atomic mass is 9.34. The molecule has 0 atom stereocenters. The molecule has 0 fully saturated rings. The standard InChI is InChI=1S/C36H27BN2O/c1-2-11-24(12-3-1)38-32-18-10-20-35-36(32)37(29-15-6-9-19-34(29)40-35)28-22-21-25(23-33(28)38)39-30-16-7-4-13-26(30)27-14-5-8-17-31(27)39/h1-4,6-7,9-13,15-16,18-23H,5,8,14,17H2. The van der Waals surface area contributed by atoms with Crippen LogP contribution in [0.3, 0.4) is 0 Å². The van der Waals surface area contributed by atoms with Crippen molar-refractivity contribution >= 4 is 51.1 Å². The van der Waals surface area contributed by atoms with E-state index in [-0.39, 0.29) is 6.71 Å². The first-order valence-electron chi connectivity index (χ1n) is 14.4. The molecule has 0 amide bonds. The third-order valence-corrected chi connectivity index (χ3v) is 9.04. The van der Waals surface area contributed by atoms with E-state index in [1.54, 1.807) is 0 Å². The summed E-state index contributed by atoms with van der Waals surface area (Å²) in [6, 6.07) is 41.9. The fourth-order valence-electron chi connectivity index (χ4n) is 7.40. The SMILES string of the molecule is c1ccc(N2c3cc(-n4c5c(c6ccccc64)CCCC5)ccc3B3c4ccccc4Oc4cccc2c43)cc1. The van der Waals surface area contributed by atoms with Crippen molar-refractivity contribution in [3.63, 3.8) is 0 Å². The zero-order valence-corrected chi connectivity index (χ0v) is 22.2. The van der Waals surface area contributed by atoms with Gasteiger partial charge in [0.2, 0.25) is 0 Å². The van der Waals surface area contributed by atoms with E-state index in [2.05, 4.69) is 125 Å². The number of aromatic nitrogens is 1. The molecule has 190 valence electrons. The van der Waals surface area contributed by atoms with Gasteiger partial charge >= 0.3 is 0 Å². The summed E-state index contributed by atoms with van der Waals surface area (Å²) in [6.07, 6.45) is 4.82. The van der Waals surface area contributed by atoms with E-state index >= 15 is 0 Å². The molecule has 1 aliphatic carbocycles. The molecule has 9 rings (SSSR count). The molecular weight excluding hydrogens is 487 g/mol. The second kappa shape index (κ2) is 8.40. The number of fused-ring (bicyclic) bond motifs is 7. The summed E-state index contributed by atoms with van der Waals surface area (Å²) in [5, 5.41) is 1.41. The Hall–Kier alpha value is -4.70. The Morgan fingerprint density at radius 1 is 0.600 bits per heavy atom. The van der Waals surface area contributed by atoms with Gasteiger partial charge in [0.05, 0.1) is 5.52 Å². The zero-order chi connectivity index (χ0) is 26.2. The molecule has 0 spiro atoms. The van der Waals surface area contributed by atoms with Crippen LogP contribution in [0, 0.1) is 0 Å². The molecule has 0 bridgehead atoms. The molecule has 40 heavy (non-hydrogen) atoms. The number of para-hydroxylation sites is 3. The quantitative estimate of drug-likeness (QED) is 0.233. The summed E-state index contributed by atoms with van der Waals surface area (Å²) < 4.78 is 9.02. The van der Waals surface area contributed by atoms with Crippen LogP contribution in [0.15, 0.2) is 115 Å². The van der Waals surface area contributed by atoms with Gasteiger partial charge < -0.3 is 14.2 Å². The number of ether oxygens (including phenoxy) is 1. The van der Waals surface area contributed by atoms with Gasteiger partial charge in [-0.25, -0.2) is 0 Å². The van der Waals surface area contributed by atoms with Crippen molar-refractivity contribution < 1.29 is 4.74 Å². The molecule has 2 aliphatic heterocycles. The number of rotatable bonds is 2. The second-order valence-electron chi connectivity index (χ2n) is 11.2. The molecule has 1 aromatic heterocycles. The van der Waals surface area contributed by atoms with Crippen molar-refractivity contribution in [1.82, 2.24) is 4.57 Å². The maximum atomic E-state index is 6.49. The normalized spacial score (nSPS) is 14.7. The second-order valence-corrected chi connectivity index (χ2v) is 11.2. The highest BCUT2D eigenvalue weighted by atomic mass is 16.5. The van der Waals surface area contributed by atoms with Gasteiger partial charge in [-0.15, -0.1) is 0 Å². The number of aryl methyl sites for hydroxylation is 1. The third kappa shape index (κ3) is 3.02. The van der Waals surface area contributed by atoms with E-state index in [0.29, 0.717) is 0 Å². The van der Waals surface area contributed by atoms with Gasteiger partial charge in [-0.1, -0.05) is 66.7 Å². The summed E-state index contributed by atoms with van der Waals surface area (Å²) in [6.45, 7) is 0.121. The topological polar surface area (TPSA) is 17.4 Å². The van der Waals surface area contributed by atoms with Crippen LogP contribution in [0.2, 0.25) is 0 Å². The predicted molar refractivity (Wildman–Crippen MR) is 166 cm³/mol. The van der Waals surface area contributed by atoms with Gasteiger partial charge in [-0.2, -0.15) is 0 Å².